The Kier molecular flexibility index (Phi) is 5.97. The number of hydrogen-bond donors (Lipinski definition) is 0. The van der Waals surface area contributed by atoms with Crippen molar-refractivity contribution in [2.75, 3.05) is 13.1 Å². The molecule has 168 valence electrons. The predicted octanol–water partition coefficient (Wildman–Crippen LogP) is 5.98. The highest BCUT2D eigenvalue weighted by molar-refractivity contribution is 6.31. The van der Waals surface area contributed by atoms with Crippen LogP contribution in [0.4, 0.5) is 10.5 Å². The molecule has 4 rings (SSSR count). The van der Waals surface area contributed by atoms with Crippen molar-refractivity contribution in [2.45, 2.75) is 45.3 Å². The minimum atomic E-state index is -0.581. The highest BCUT2D eigenvalue weighted by Crippen LogP contribution is 2.35. The lowest BCUT2D eigenvalue weighted by molar-refractivity contribution is -0.384. The fraction of sp³-hybridized carbons (Fsp3) is 0.375. The number of non-ortho nitro benzene ring substituents is 1. The van der Waals surface area contributed by atoms with Gasteiger partial charge >= 0.3 is 6.09 Å². The maximum absolute atomic E-state index is 12.7. The molecule has 32 heavy (non-hydrogen) atoms. The Hall–Kier alpha value is -2.90. The van der Waals surface area contributed by atoms with Gasteiger partial charge in [-0.25, -0.2) is 4.79 Å². The van der Waals surface area contributed by atoms with Gasteiger partial charge in [-0.05, 0) is 62.9 Å². The highest BCUT2D eigenvalue weighted by atomic mass is 35.5. The number of hydrogen-bond acceptors (Lipinski definition) is 5. The monoisotopic (exact) mass is 455 g/mol. The number of carbonyl (C=O) groups excluding carboxylic acids is 1. The summed E-state index contributed by atoms with van der Waals surface area (Å²) in [5.74, 6) is 0.126. The predicted molar refractivity (Wildman–Crippen MR) is 124 cm³/mol. The van der Waals surface area contributed by atoms with Crippen LogP contribution >= 0.6 is 11.6 Å². The third-order valence-electron chi connectivity index (χ3n) is 5.68. The Morgan fingerprint density at radius 3 is 2.72 bits per heavy atom. The van der Waals surface area contributed by atoms with Gasteiger partial charge in [0, 0.05) is 41.8 Å². The number of ether oxygens (including phenoxy) is 1. The van der Waals surface area contributed by atoms with Crippen molar-refractivity contribution >= 4 is 34.3 Å². The third-order valence-corrected chi connectivity index (χ3v) is 6.03. The van der Waals surface area contributed by atoms with E-state index < -0.39 is 16.6 Å². The molecule has 8 heteroatoms. The number of aromatic nitrogens is 1. The summed E-state index contributed by atoms with van der Waals surface area (Å²) in [5.41, 5.74) is 2.15. The van der Waals surface area contributed by atoms with Gasteiger partial charge in [0.05, 0.1) is 10.4 Å². The summed E-state index contributed by atoms with van der Waals surface area (Å²) in [6.45, 7) is 7.80. The van der Waals surface area contributed by atoms with Crippen molar-refractivity contribution in [2.24, 2.45) is 0 Å². The molecule has 0 radical (unpaired) electrons. The van der Waals surface area contributed by atoms with Crippen molar-refractivity contribution < 1.29 is 14.5 Å². The molecule has 1 aromatic heterocycles. The summed E-state index contributed by atoms with van der Waals surface area (Å²) in [4.78, 5) is 25.8. The number of rotatable bonds is 4. The molecule has 1 atom stereocenters. The first-order valence-electron chi connectivity index (χ1n) is 10.6. The largest absolute Gasteiger partial charge is 0.443 e. The first-order chi connectivity index (χ1) is 15.1. The van der Waals surface area contributed by atoms with Crippen LogP contribution in [-0.2, 0) is 11.3 Å². The average molecular weight is 456 g/mol. The van der Waals surface area contributed by atoms with E-state index in [4.69, 9.17) is 16.3 Å². The minimum Gasteiger partial charge on any atom is -0.443 e. The summed E-state index contributed by atoms with van der Waals surface area (Å²) in [5, 5.41) is 12.7. The van der Waals surface area contributed by atoms with Crippen LogP contribution in [0, 0.1) is 10.1 Å². The number of nitro benzene ring substituents is 1. The zero-order valence-corrected chi connectivity index (χ0v) is 19.1. The number of nitrogens with zero attached hydrogens (tertiary/aromatic N) is 3. The fourth-order valence-electron chi connectivity index (χ4n) is 4.27. The molecule has 1 aliphatic rings. The molecule has 0 bridgehead atoms. The maximum atomic E-state index is 12.7. The van der Waals surface area contributed by atoms with Crippen molar-refractivity contribution in [1.29, 1.82) is 0 Å². The average Bonchev–Trinajstić information content (AvgIpc) is 3.32. The number of benzene rings is 2. The molecular weight excluding hydrogens is 430 g/mol. The second kappa shape index (κ2) is 8.56. The van der Waals surface area contributed by atoms with E-state index in [0.717, 1.165) is 41.5 Å². The standard InChI is InChI=1S/C24H26ClN3O4/c1-24(2,3)32-23(29)27-15-17(19-6-4-5-7-22(19)27)14-26-11-10-16(13-26)20-12-18(28(30)31)8-9-21(20)25/h4-9,12,15-16H,10-11,13-14H2,1-3H3. The van der Waals surface area contributed by atoms with Crippen molar-refractivity contribution in [1.82, 2.24) is 9.47 Å². The van der Waals surface area contributed by atoms with Crippen LogP contribution < -0.4 is 0 Å². The van der Waals surface area contributed by atoms with E-state index in [-0.39, 0.29) is 11.6 Å². The Morgan fingerprint density at radius 2 is 2.00 bits per heavy atom. The quantitative estimate of drug-likeness (QED) is 0.357. The highest BCUT2D eigenvalue weighted by Gasteiger charge is 2.28. The number of likely N-dealkylation sites (tertiary alicyclic amines) is 1. The molecule has 1 unspecified atom stereocenters. The lowest BCUT2D eigenvalue weighted by atomic mass is 9.98. The van der Waals surface area contributed by atoms with Crippen molar-refractivity contribution in [3.63, 3.8) is 0 Å². The summed E-state index contributed by atoms with van der Waals surface area (Å²) >= 11 is 6.36. The Bertz CT molecular complexity index is 1180. The second-order valence-corrected chi connectivity index (χ2v) is 9.61. The molecule has 0 aliphatic carbocycles. The van der Waals surface area contributed by atoms with E-state index in [1.54, 1.807) is 16.7 Å². The van der Waals surface area contributed by atoms with Gasteiger partial charge in [-0.1, -0.05) is 29.8 Å². The van der Waals surface area contributed by atoms with Gasteiger partial charge in [0.2, 0.25) is 0 Å². The Balaban J connectivity index is 1.56. The molecule has 1 aliphatic heterocycles. The van der Waals surface area contributed by atoms with Gasteiger partial charge in [0.25, 0.3) is 5.69 Å². The van der Waals surface area contributed by atoms with Crippen molar-refractivity contribution in [3.8, 4) is 0 Å². The molecule has 0 saturated carbocycles. The van der Waals surface area contributed by atoms with Crippen LogP contribution in [0.5, 0.6) is 0 Å². The molecule has 0 spiro atoms. The molecule has 7 nitrogen and oxygen atoms in total. The minimum absolute atomic E-state index is 0.0586. The lowest BCUT2D eigenvalue weighted by Crippen LogP contribution is -2.26. The number of para-hydroxylation sites is 1. The maximum Gasteiger partial charge on any atom is 0.419 e. The molecule has 3 aromatic rings. The van der Waals surface area contributed by atoms with Crippen LogP contribution in [0.15, 0.2) is 48.7 Å². The first kappa shape index (κ1) is 22.3. The third kappa shape index (κ3) is 4.64. The number of nitro groups is 1. The number of fused-ring (bicyclic) bond motifs is 1. The van der Waals surface area contributed by atoms with Crippen LogP contribution in [0.1, 0.15) is 44.2 Å². The number of carbonyl (C=O) groups is 1. The number of halogens is 1. The van der Waals surface area contributed by atoms with E-state index in [1.165, 1.54) is 6.07 Å². The lowest BCUT2D eigenvalue weighted by Gasteiger charge is -2.19. The zero-order chi connectivity index (χ0) is 23.0. The molecule has 1 saturated heterocycles. The molecule has 1 fully saturated rings. The summed E-state index contributed by atoms with van der Waals surface area (Å²) in [6.07, 6.45) is 2.32. The molecule has 0 amide bonds. The van der Waals surface area contributed by atoms with E-state index in [0.29, 0.717) is 11.6 Å². The van der Waals surface area contributed by atoms with Crippen LogP contribution in [-0.4, -0.2) is 39.2 Å². The topological polar surface area (TPSA) is 77.6 Å². The second-order valence-electron chi connectivity index (χ2n) is 9.21. The van der Waals surface area contributed by atoms with Gasteiger partial charge in [-0.2, -0.15) is 0 Å². The van der Waals surface area contributed by atoms with Crippen LogP contribution in [0.2, 0.25) is 5.02 Å². The SMILES string of the molecule is CC(C)(C)OC(=O)n1cc(CN2CCC(c3cc([N+](=O)[O-])ccc3Cl)C2)c2ccccc21. The summed E-state index contributed by atoms with van der Waals surface area (Å²) in [7, 11) is 0. The molecule has 2 aromatic carbocycles. The van der Waals surface area contributed by atoms with Crippen molar-refractivity contribution in [3.05, 3.63) is 74.9 Å². The normalized spacial score (nSPS) is 17.1. The van der Waals surface area contributed by atoms with E-state index in [2.05, 4.69) is 4.90 Å². The van der Waals surface area contributed by atoms with Crippen LogP contribution in [0.25, 0.3) is 10.9 Å². The smallest absolute Gasteiger partial charge is 0.419 e. The fourth-order valence-corrected chi connectivity index (χ4v) is 4.54. The summed E-state index contributed by atoms with van der Waals surface area (Å²) in [6, 6.07) is 12.4. The van der Waals surface area contributed by atoms with E-state index in [1.807, 2.05) is 51.2 Å². The van der Waals surface area contributed by atoms with Gasteiger partial charge in [-0.15, -0.1) is 0 Å². The Labute approximate surface area is 191 Å². The zero-order valence-electron chi connectivity index (χ0n) is 18.4. The molecule has 2 heterocycles. The Morgan fingerprint density at radius 1 is 1.25 bits per heavy atom. The van der Waals surface area contributed by atoms with Gasteiger partial charge < -0.3 is 4.74 Å². The van der Waals surface area contributed by atoms with Gasteiger partial charge in [0.15, 0.2) is 0 Å². The van der Waals surface area contributed by atoms with Gasteiger partial charge in [0.1, 0.15) is 5.60 Å². The molecule has 0 N–H and O–H groups in total. The molecular formula is C24H26ClN3O4. The van der Waals surface area contributed by atoms with Crippen LogP contribution in [0.3, 0.4) is 0 Å². The van der Waals surface area contributed by atoms with Gasteiger partial charge in [-0.3, -0.25) is 19.6 Å². The van der Waals surface area contributed by atoms with E-state index in [9.17, 15) is 14.9 Å². The summed E-state index contributed by atoms with van der Waals surface area (Å²) < 4.78 is 7.14. The van der Waals surface area contributed by atoms with E-state index >= 15 is 0 Å². The first-order valence-corrected chi connectivity index (χ1v) is 11.0.